The van der Waals surface area contributed by atoms with E-state index in [0.29, 0.717) is 21.4 Å². The summed E-state index contributed by atoms with van der Waals surface area (Å²) in [6.07, 6.45) is 1.49. The van der Waals surface area contributed by atoms with E-state index in [0.717, 1.165) is 0 Å². The van der Waals surface area contributed by atoms with Gasteiger partial charge in [0.05, 0.1) is 11.4 Å². The lowest BCUT2D eigenvalue weighted by Gasteiger charge is -2.18. The van der Waals surface area contributed by atoms with Crippen LogP contribution in [0.25, 0.3) is 11.4 Å². The number of hydrogen-bond acceptors (Lipinski definition) is 5. The third kappa shape index (κ3) is 4.56. The van der Waals surface area contributed by atoms with Crippen LogP contribution in [0.5, 0.6) is 0 Å². The van der Waals surface area contributed by atoms with Gasteiger partial charge in [0.2, 0.25) is 21.7 Å². The number of rotatable bonds is 7. The maximum absolute atomic E-state index is 12.9. The zero-order valence-electron chi connectivity index (χ0n) is 14.0. The van der Waals surface area contributed by atoms with Crippen LogP contribution in [-0.2, 0) is 16.6 Å². The van der Waals surface area contributed by atoms with Crippen molar-refractivity contribution in [3.05, 3.63) is 77.1 Å². The predicted octanol–water partition coefficient (Wildman–Crippen LogP) is 4.42. The van der Waals surface area contributed by atoms with Gasteiger partial charge in [-0.05, 0) is 48.5 Å². The molecule has 0 amide bonds. The van der Waals surface area contributed by atoms with Crippen molar-refractivity contribution in [2.24, 2.45) is 0 Å². The highest BCUT2D eigenvalue weighted by molar-refractivity contribution is 7.89. The van der Waals surface area contributed by atoms with Crippen LogP contribution in [0.15, 0.2) is 70.6 Å². The van der Waals surface area contributed by atoms with E-state index in [4.69, 9.17) is 27.7 Å². The van der Waals surface area contributed by atoms with E-state index in [1.54, 1.807) is 24.3 Å². The summed E-state index contributed by atoms with van der Waals surface area (Å²) in [5.74, 6) is 0.517. The van der Waals surface area contributed by atoms with E-state index in [1.165, 1.54) is 34.6 Å². The Bertz CT molecular complexity index is 1030. The SMILES string of the molecule is C=CCN(Cc1nc(-c2ccc(Cl)cc2)no1)S(=O)(=O)c1ccc(Cl)cc1. The number of hydrogen-bond donors (Lipinski definition) is 0. The number of benzene rings is 2. The van der Waals surface area contributed by atoms with Crippen LogP contribution in [-0.4, -0.2) is 29.4 Å². The first kappa shape index (κ1) is 19.6. The molecule has 3 rings (SSSR count). The molecule has 0 atom stereocenters. The lowest BCUT2D eigenvalue weighted by atomic mass is 10.2. The Kier molecular flexibility index (Phi) is 5.96. The molecule has 140 valence electrons. The Hall–Kier alpha value is -2.19. The van der Waals surface area contributed by atoms with Gasteiger partial charge in [-0.15, -0.1) is 6.58 Å². The second-order valence-corrected chi connectivity index (χ2v) is 8.37. The largest absolute Gasteiger partial charge is 0.338 e. The van der Waals surface area contributed by atoms with E-state index in [9.17, 15) is 8.42 Å². The minimum atomic E-state index is -3.78. The Labute approximate surface area is 167 Å². The Balaban J connectivity index is 1.85. The summed E-state index contributed by atoms with van der Waals surface area (Å²) < 4.78 is 32.2. The Morgan fingerprint density at radius 2 is 1.63 bits per heavy atom. The molecule has 9 heteroatoms. The van der Waals surface area contributed by atoms with E-state index in [1.807, 2.05) is 0 Å². The van der Waals surface area contributed by atoms with Crippen LogP contribution in [0.3, 0.4) is 0 Å². The number of sulfonamides is 1. The first-order valence-electron chi connectivity index (χ1n) is 7.85. The third-order valence-corrected chi connectivity index (χ3v) is 6.00. The maximum atomic E-state index is 12.9. The summed E-state index contributed by atoms with van der Waals surface area (Å²) in [6, 6.07) is 12.9. The highest BCUT2D eigenvalue weighted by Gasteiger charge is 2.26. The maximum Gasteiger partial charge on any atom is 0.243 e. The standard InChI is InChI=1S/C18H15Cl2N3O3S/c1-2-11-23(27(24,25)16-9-7-15(20)8-10-16)12-17-21-18(22-26-17)13-3-5-14(19)6-4-13/h2-10H,1,11-12H2. The van der Waals surface area contributed by atoms with Crippen LogP contribution in [0, 0.1) is 0 Å². The molecule has 0 aliphatic carbocycles. The summed E-state index contributed by atoms with van der Waals surface area (Å²) >= 11 is 11.7. The summed E-state index contributed by atoms with van der Waals surface area (Å²) in [4.78, 5) is 4.39. The van der Waals surface area contributed by atoms with Crippen molar-refractivity contribution in [1.82, 2.24) is 14.4 Å². The van der Waals surface area contributed by atoms with Gasteiger partial charge in [-0.3, -0.25) is 0 Å². The van der Waals surface area contributed by atoms with Crippen LogP contribution < -0.4 is 0 Å². The van der Waals surface area contributed by atoms with Gasteiger partial charge in [0, 0.05) is 22.2 Å². The van der Waals surface area contributed by atoms with E-state index in [2.05, 4.69) is 16.7 Å². The Morgan fingerprint density at radius 3 is 2.22 bits per heavy atom. The van der Waals surface area contributed by atoms with Crippen LogP contribution in [0.2, 0.25) is 10.0 Å². The molecule has 6 nitrogen and oxygen atoms in total. The summed E-state index contributed by atoms with van der Waals surface area (Å²) in [6.45, 7) is 3.62. The fourth-order valence-corrected chi connectivity index (χ4v) is 3.95. The van der Waals surface area contributed by atoms with Gasteiger partial charge in [0.15, 0.2) is 0 Å². The highest BCUT2D eigenvalue weighted by atomic mass is 35.5. The van der Waals surface area contributed by atoms with Gasteiger partial charge in [-0.1, -0.05) is 34.4 Å². The van der Waals surface area contributed by atoms with Crippen molar-refractivity contribution in [1.29, 1.82) is 0 Å². The molecule has 0 bridgehead atoms. The predicted molar refractivity (Wildman–Crippen MR) is 104 cm³/mol. The molecule has 0 unspecified atom stereocenters. The lowest BCUT2D eigenvalue weighted by Crippen LogP contribution is -2.31. The first-order valence-corrected chi connectivity index (χ1v) is 10.0. The zero-order chi connectivity index (χ0) is 19.4. The van der Waals surface area contributed by atoms with Crippen molar-refractivity contribution in [2.45, 2.75) is 11.4 Å². The minimum Gasteiger partial charge on any atom is -0.338 e. The van der Waals surface area contributed by atoms with Crippen molar-refractivity contribution in [3.63, 3.8) is 0 Å². The molecule has 0 spiro atoms. The quantitative estimate of drug-likeness (QED) is 0.525. The van der Waals surface area contributed by atoms with Gasteiger partial charge in [-0.25, -0.2) is 8.42 Å². The Morgan fingerprint density at radius 1 is 1.04 bits per heavy atom. The van der Waals surface area contributed by atoms with Crippen LogP contribution in [0.4, 0.5) is 0 Å². The molecule has 0 radical (unpaired) electrons. The van der Waals surface area contributed by atoms with Gasteiger partial charge < -0.3 is 4.52 Å². The van der Waals surface area contributed by atoms with Crippen LogP contribution in [0.1, 0.15) is 5.89 Å². The normalized spacial score (nSPS) is 11.7. The second kappa shape index (κ2) is 8.22. The molecule has 0 aliphatic rings. The van der Waals surface area contributed by atoms with Gasteiger partial charge >= 0.3 is 0 Å². The van der Waals surface area contributed by atoms with E-state index >= 15 is 0 Å². The molecule has 3 aromatic rings. The minimum absolute atomic E-state index is 0.0857. The third-order valence-electron chi connectivity index (χ3n) is 3.67. The smallest absolute Gasteiger partial charge is 0.243 e. The van der Waals surface area contributed by atoms with Crippen molar-refractivity contribution in [3.8, 4) is 11.4 Å². The van der Waals surface area contributed by atoms with Crippen molar-refractivity contribution < 1.29 is 12.9 Å². The van der Waals surface area contributed by atoms with Gasteiger partial charge in [0.25, 0.3) is 0 Å². The summed E-state index contributed by atoms with van der Waals surface area (Å²) in [5.41, 5.74) is 0.713. The van der Waals surface area contributed by atoms with Gasteiger partial charge in [0.1, 0.15) is 0 Å². The topological polar surface area (TPSA) is 76.3 Å². The molecule has 0 saturated carbocycles. The molecule has 0 saturated heterocycles. The monoisotopic (exact) mass is 423 g/mol. The zero-order valence-corrected chi connectivity index (χ0v) is 16.4. The first-order chi connectivity index (χ1) is 12.9. The lowest BCUT2D eigenvalue weighted by molar-refractivity contribution is 0.327. The average molecular weight is 424 g/mol. The molecule has 0 N–H and O–H groups in total. The second-order valence-electron chi connectivity index (χ2n) is 5.56. The number of halogens is 2. The van der Waals surface area contributed by atoms with Crippen LogP contribution >= 0.6 is 23.2 Å². The molecule has 0 aliphatic heterocycles. The van der Waals surface area contributed by atoms with E-state index in [-0.39, 0.29) is 23.9 Å². The molecule has 0 fully saturated rings. The fourth-order valence-electron chi connectivity index (χ4n) is 2.33. The molecule has 1 heterocycles. The van der Waals surface area contributed by atoms with Crippen molar-refractivity contribution >= 4 is 33.2 Å². The molecular formula is C18H15Cl2N3O3S. The molecule has 27 heavy (non-hydrogen) atoms. The van der Waals surface area contributed by atoms with E-state index < -0.39 is 10.0 Å². The summed E-state index contributed by atoms with van der Waals surface area (Å²) in [7, 11) is -3.78. The van der Waals surface area contributed by atoms with Gasteiger partial charge in [-0.2, -0.15) is 9.29 Å². The number of aromatic nitrogens is 2. The summed E-state index contributed by atoms with van der Waals surface area (Å²) in [5, 5.41) is 4.95. The van der Waals surface area contributed by atoms with Crippen molar-refractivity contribution in [2.75, 3.05) is 6.54 Å². The molecule has 2 aromatic carbocycles. The molecule has 1 aromatic heterocycles. The molecular weight excluding hydrogens is 409 g/mol. The fraction of sp³-hybridized carbons (Fsp3) is 0.111. The highest BCUT2D eigenvalue weighted by Crippen LogP contribution is 2.22. The average Bonchev–Trinajstić information content (AvgIpc) is 3.11. The number of nitrogens with zero attached hydrogens (tertiary/aromatic N) is 3.